The summed E-state index contributed by atoms with van der Waals surface area (Å²) in [6.07, 6.45) is 7.87. The Labute approximate surface area is 98.2 Å². The van der Waals surface area contributed by atoms with Gasteiger partial charge in [0.15, 0.2) is 5.65 Å². The molecule has 0 saturated heterocycles. The molecule has 0 spiro atoms. The highest BCUT2D eigenvalue weighted by Gasteiger charge is 2.05. The smallest absolute Gasteiger partial charge is 0.180 e. The van der Waals surface area contributed by atoms with E-state index >= 15 is 0 Å². The maximum atomic E-state index is 4.48. The number of hydrogen-bond acceptors (Lipinski definition) is 4. The fourth-order valence-corrected chi connectivity index (χ4v) is 1.78. The maximum Gasteiger partial charge on any atom is 0.180 e. The van der Waals surface area contributed by atoms with Crippen molar-refractivity contribution in [1.82, 2.24) is 24.5 Å². The summed E-state index contributed by atoms with van der Waals surface area (Å²) in [5.74, 6) is 1.81. The standard InChI is InChI=1S/C12H11N5/c1-2-10-14-7-8-17(10)11-4-3-9-12(16-11)15-6-5-13-9/h3-8H,2H2,1H3. The first kappa shape index (κ1) is 9.89. The number of nitrogens with zero attached hydrogens (tertiary/aromatic N) is 5. The Morgan fingerprint density at radius 1 is 1.06 bits per heavy atom. The average Bonchev–Trinajstić information content (AvgIpc) is 2.86. The van der Waals surface area contributed by atoms with Crippen molar-refractivity contribution in [3.63, 3.8) is 0 Å². The number of hydrogen-bond donors (Lipinski definition) is 0. The average molecular weight is 225 g/mol. The third-order valence-corrected chi connectivity index (χ3v) is 2.60. The summed E-state index contributed by atoms with van der Waals surface area (Å²) in [6.45, 7) is 2.07. The molecule has 0 aliphatic rings. The van der Waals surface area contributed by atoms with Gasteiger partial charge in [-0.25, -0.2) is 15.0 Å². The fourth-order valence-electron chi connectivity index (χ4n) is 1.78. The first-order valence-electron chi connectivity index (χ1n) is 5.49. The van der Waals surface area contributed by atoms with E-state index in [2.05, 4.69) is 26.9 Å². The number of fused-ring (bicyclic) bond motifs is 1. The summed E-state index contributed by atoms with van der Waals surface area (Å²) < 4.78 is 1.97. The van der Waals surface area contributed by atoms with Crippen LogP contribution in [-0.2, 0) is 6.42 Å². The van der Waals surface area contributed by atoms with E-state index in [-0.39, 0.29) is 0 Å². The van der Waals surface area contributed by atoms with Crippen molar-refractivity contribution in [2.75, 3.05) is 0 Å². The van der Waals surface area contributed by atoms with Crippen LogP contribution in [0.2, 0.25) is 0 Å². The first-order valence-corrected chi connectivity index (χ1v) is 5.49. The van der Waals surface area contributed by atoms with Crippen molar-refractivity contribution in [3.8, 4) is 5.82 Å². The van der Waals surface area contributed by atoms with Gasteiger partial charge in [0, 0.05) is 31.2 Å². The summed E-state index contributed by atoms with van der Waals surface area (Å²) in [5.41, 5.74) is 1.45. The van der Waals surface area contributed by atoms with E-state index in [9.17, 15) is 0 Å². The van der Waals surface area contributed by atoms with E-state index in [1.807, 2.05) is 22.9 Å². The van der Waals surface area contributed by atoms with Gasteiger partial charge in [0.05, 0.1) is 0 Å². The second-order valence-corrected chi connectivity index (χ2v) is 3.64. The van der Waals surface area contributed by atoms with Gasteiger partial charge in [-0.15, -0.1) is 0 Å². The molecule has 0 aliphatic heterocycles. The third kappa shape index (κ3) is 1.65. The van der Waals surface area contributed by atoms with Crippen LogP contribution in [0, 0.1) is 0 Å². The monoisotopic (exact) mass is 225 g/mol. The Bertz CT molecular complexity index is 659. The molecule has 0 atom stereocenters. The quantitative estimate of drug-likeness (QED) is 0.667. The van der Waals surface area contributed by atoms with Crippen LogP contribution in [0.15, 0.2) is 36.9 Å². The lowest BCUT2D eigenvalue weighted by Gasteiger charge is -2.05. The molecule has 0 unspecified atom stereocenters. The molecule has 0 N–H and O–H groups in total. The highest BCUT2D eigenvalue weighted by atomic mass is 15.1. The van der Waals surface area contributed by atoms with Gasteiger partial charge in [0.2, 0.25) is 0 Å². The molecule has 3 heterocycles. The minimum Gasteiger partial charge on any atom is -0.288 e. The van der Waals surface area contributed by atoms with Crippen LogP contribution in [0.1, 0.15) is 12.7 Å². The topological polar surface area (TPSA) is 56.5 Å². The van der Waals surface area contributed by atoms with Crippen molar-refractivity contribution in [2.24, 2.45) is 0 Å². The van der Waals surface area contributed by atoms with Crippen LogP contribution < -0.4 is 0 Å². The minimum absolute atomic E-state index is 0.653. The fraction of sp³-hybridized carbons (Fsp3) is 0.167. The highest BCUT2D eigenvalue weighted by molar-refractivity contribution is 5.70. The summed E-state index contributed by atoms with van der Waals surface area (Å²) in [4.78, 5) is 17.1. The molecule has 17 heavy (non-hydrogen) atoms. The summed E-state index contributed by atoms with van der Waals surface area (Å²) >= 11 is 0. The van der Waals surface area contributed by atoms with Crippen LogP contribution in [0.3, 0.4) is 0 Å². The predicted octanol–water partition coefficient (Wildman–Crippen LogP) is 1.77. The van der Waals surface area contributed by atoms with Crippen molar-refractivity contribution in [3.05, 3.63) is 42.7 Å². The molecule has 3 rings (SSSR count). The van der Waals surface area contributed by atoms with Gasteiger partial charge in [-0.05, 0) is 12.1 Å². The molecular formula is C12H11N5. The number of pyridine rings is 1. The van der Waals surface area contributed by atoms with Gasteiger partial charge in [-0.2, -0.15) is 0 Å². The Morgan fingerprint density at radius 3 is 2.82 bits per heavy atom. The molecule has 0 fully saturated rings. The van der Waals surface area contributed by atoms with Crippen molar-refractivity contribution < 1.29 is 0 Å². The third-order valence-electron chi connectivity index (χ3n) is 2.60. The lowest BCUT2D eigenvalue weighted by atomic mass is 10.4. The zero-order chi connectivity index (χ0) is 11.7. The lowest BCUT2D eigenvalue weighted by molar-refractivity contribution is 0.870. The largest absolute Gasteiger partial charge is 0.288 e. The van der Waals surface area contributed by atoms with Crippen LogP contribution in [-0.4, -0.2) is 24.5 Å². The number of aryl methyl sites for hydroxylation is 1. The summed E-state index contributed by atoms with van der Waals surface area (Å²) in [6, 6.07) is 3.85. The minimum atomic E-state index is 0.653. The molecule has 0 amide bonds. The highest BCUT2D eigenvalue weighted by Crippen LogP contribution is 2.12. The van der Waals surface area contributed by atoms with Gasteiger partial charge in [-0.3, -0.25) is 9.55 Å². The van der Waals surface area contributed by atoms with E-state index in [1.165, 1.54) is 0 Å². The van der Waals surface area contributed by atoms with Crippen molar-refractivity contribution in [1.29, 1.82) is 0 Å². The Balaban J connectivity index is 2.18. The van der Waals surface area contributed by atoms with Crippen molar-refractivity contribution >= 4 is 11.2 Å². The van der Waals surface area contributed by atoms with Gasteiger partial charge >= 0.3 is 0 Å². The predicted molar refractivity (Wildman–Crippen MR) is 63.8 cm³/mol. The number of imidazole rings is 1. The Morgan fingerprint density at radius 2 is 1.94 bits per heavy atom. The zero-order valence-electron chi connectivity index (χ0n) is 9.41. The van der Waals surface area contributed by atoms with Gasteiger partial charge in [0.25, 0.3) is 0 Å². The molecular weight excluding hydrogens is 214 g/mol. The summed E-state index contributed by atoms with van der Waals surface area (Å²) in [5, 5.41) is 0. The Kier molecular flexibility index (Phi) is 2.29. The van der Waals surface area contributed by atoms with Crippen LogP contribution in [0.4, 0.5) is 0 Å². The van der Waals surface area contributed by atoms with E-state index in [4.69, 9.17) is 0 Å². The SMILES string of the molecule is CCc1nccn1-c1ccc2nccnc2n1. The molecule has 5 heteroatoms. The van der Waals surface area contributed by atoms with Crippen LogP contribution in [0.25, 0.3) is 17.0 Å². The Hall–Kier alpha value is -2.30. The molecule has 3 aromatic rings. The molecule has 84 valence electrons. The molecule has 3 aromatic heterocycles. The van der Waals surface area contributed by atoms with E-state index in [0.717, 1.165) is 23.6 Å². The molecule has 5 nitrogen and oxygen atoms in total. The van der Waals surface area contributed by atoms with E-state index in [1.54, 1.807) is 18.6 Å². The van der Waals surface area contributed by atoms with E-state index in [0.29, 0.717) is 5.65 Å². The van der Waals surface area contributed by atoms with Gasteiger partial charge < -0.3 is 0 Å². The zero-order valence-corrected chi connectivity index (χ0v) is 9.41. The number of rotatable bonds is 2. The normalized spacial score (nSPS) is 10.9. The van der Waals surface area contributed by atoms with Gasteiger partial charge in [-0.1, -0.05) is 6.92 Å². The van der Waals surface area contributed by atoms with Crippen LogP contribution in [0.5, 0.6) is 0 Å². The molecule has 0 aliphatic carbocycles. The lowest BCUT2D eigenvalue weighted by Crippen LogP contribution is -2.02. The molecule has 0 bridgehead atoms. The molecule has 0 saturated carbocycles. The first-order chi connectivity index (χ1) is 8.38. The van der Waals surface area contributed by atoms with Crippen molar-refractivity contribution in [2.45, 2.75) is 13.3 Å². The van der Waals surface area contributed by atoms with Crippen LogP contribution >= 0.6 is 0 Å². The second-order valence-electron chi connectivity index (χ2n) is 3.64. The number of aromatic nitrogens is 5. The molecule has 0 radical (unpaired) electrons. The maximum absolute atomic E-state index is 4.48. The second kappa shape index (κ2) is 3.93. The van der Waals surface area contributed by atoms with E-state index < -0.39 is 0 Å². The molecule has 0 aromatic carbocycles. The summed E-state index contributed by atoms with van der Waals surface area (Å²) in [7, 11) is 0. The van der Waals surface area contributed by atoms with Gasteiger partial charge in [0.1, 0.15) is 17.2 Å².